The number of benzene rings is 2. The molecule has 0 aromatic heterocycles. The van der Waals surface area contributed by atoms with Gasteiger partial charge in [0.05, 0.1) is 4.90 Å². The number of piperidine rings is 1. The van der Waals surface area contributed by atoms with Crippen LogP contribution in [-0.4, -0.2) is 49.7 Å². The van der Waals surface area contributed by atoms with Crippen LogP contribution < -0.4 is 5.32 Å². The molecule has 30 heavy (non-hydrogen) atoms. The molecule has 2 aromatic carbocycles. The summed E-state index contributed by atoms with van der Waals surface area (Å²) in [5, 5.41) is 2.13. The predicted molar refractivity (Wildman–Crippen MR) is 108 cm³/mol. The number of rotatable bonds is 6. The van der Waals surface area contributed by atoms with Crippen LogP contribution in [0.2, 0.25) is 0 Å². The maximum absolute atomic E-state index is 12.9. The highest BCUT2D eigenvalue weighted by molar-refractivity contribution is 7.89. The summed E-state index contributed by atoms with van der Waals surface area (Å²) in [6.45, 7) is -0.483. The molecule has 1 heterocycles. The van der Waals surface area contributed by atoms with Crippen molar-refractivity contribution >= 4 is 27.8 Å². The van der Waals surface area contributed by atoms with Crippen LogP contribution in [0.5, 0.6) is 0 Å². The Morgan fingerprint density at radius 2 is 1.60 bits per heavy atom. The van der Waals surface area contributed by atoms with Gasteiger partial charge >= 0.3 is 5.97 Å². The lowest BCUT2D eigenvalue weighted by Gasteiger charge is -2.32. The van der Waals surface area contributed by atoms with Gasteiger partial charge in [-0.3, -0.25) is 19.7 Å². The SMILES string of the molecule is O=C(COC(=O)C1CCCCN1S(=O)(=O)c1ccccc1)NC(=O)c1ccccc1. The molecule has 1 aliphatic rings. The molecule has 0 spiro atoms. The van der Waals surface area contributed by atoms with Crippen LogP contribution >= 0.6 is 0 Å². The summed E-state index contributed by atoms with van der Waals surface area (Å²) in [7, 11) is -3.87. The highest BCUT2D eigenvalue weighted by Gasteiger charge is 2.38. The molecule has 2 aromatic rings. The molecular formula is C21H22N2O6S. The zero-order chi connectivity index (χ0) is 21.6. The van der Waals surface area contributed by atoms with Crippen molar-refractivity contribution in [1.29, 1.82) is 0 Å². The monoisotopic (exact) mass is 430 g/mol. The average molecular weight is 430 g/mol. The van der Waals surface area contributed by atoms with Crippen LogP contribution in [0.4, 0.5) is 0 Å². The summed E-state index contributed by atoms with van der Waals surface area (Å²) in [6, 6.07) is 15.0. The Labute approximate surface area is 174 Å². The van der Waals surface area contributed by atoms with E-state index in [1.807, 2.05) is 0 Å². The van der Waals surface area contributed by atoms with Crippen molar-refractivity contribution in [1.82, 2.24) is 9.62 Å². The van der Waals surface area contributed by atoms with Crippen LogP contribution in [0.15, 0.2) is 65.6 Å². The average Bonchev–Trinajstić information content (AvgIpc) is 2.78. The minimum atomic E-state index is -3.87. The Balaban J connectivity index is 1.62. The van der Waals surface area contributed by atoms with E-state index in [1.54, 1.807) is 48.5 Å². The van der Waals surface area contributed by atoms with Gasteiger partial charge < -0.3 is 4.74 Å². The molecular weight excluding hydrogens is 408 g/mol. The minimum Gasteiger partial charge on any atom is -0.454 e. The second-order valence-corrected chi connectivity index (χ2v) is 8.68. The van der Waals surface area contributed by atoms with E-state index in [-0.39, 0.29) is 11.4 Å². The number of carbonyl (C=O) groups excluding carboxylic acids is 3. The van der Waals surface area contributed by atoms with Crippen molar-refractivity contribution < 1.29 is 27.5 Å². The number of esters is 1. The van der Waals surface area contributed by atoms with Gasteiger partial charge in [0.1, 0.15) is 6.04 Å². The number of amides is 2. The molecule has 0 radical (unpaired) electrons. The molecule has 1 atom stereocenters. The van der Waals surface area contributed by atoms with Gasteiger partial charge in [-0.1, -0.05) is 36.4 Å². The third-order valence-electron chi connectivity index (χ3n) is 4.71. The van der Waals surface area contributed by atoms with E-state index in [0.29, 0.717) is 24.8 Å². The lowest BCUT2D eigenvalue weighted by Crippen LogP contribution is -2.49. The number of sulfonamides is 1. The fourth-order valence-electron chi connectivity index (χ4n) is 3.21. The minimum absolute atomic E-state index is 0.0934. The number of nitrogens with zero attached hydrogens (tertiary/aromatic N) is 1. The van der Waals surface area contributed by atoms with Crippen LogP contribution in [0.25, 0.3) is 0 Å². The molecule has 0 saturated carbocycles. The maximum Gasteiger partial charge on any atom is 0.324 e. The molecule has 3 rings (SSSR count). The first-order valence-corrected chi connectivity index (χ1v) is 11.0. The first-order chi connectivity index (χ1) is 14.4. The lowest BCUT2D eigenvalue weighted by molar-refractivity contribution is -0.153. The smallest absolute Gasteiger partial charge is 0.324 e. The van der Waals surface area contributed by atoms with E-state index < -0.39 is 40.5 Å². The zero-order valence-corrected chi connectivity index (χ0v) is 17.0. The molecule has 1 N–H and O–H groups in total. The summed E-state index contributed by atoms with van der Waals surface area (Å²) in [4.78, 5) is 36.6. The lowest BCUT2D eigenvalue weighted by atomic mass is 10.1. The summed E-state index contributed by atoms with van der Waals surface area (Å²) >= 11 is 0. The van der Waals surface area contributed by atoms with Gasteiger partial charge in [-0.15, -0.1) is 0 Å². The summed E-state index contributed by atoms with van der Waals surface area (Å²) in [5.41, 5.74) is 0.296. The largest absolute Gasteiger partial charge is 0.454 e. The molecule has 1 unspecified atom stereocenters. The van der Waals surface area contributed by atoms with E-state index >= 15 is 0 Å². The number of hydrogen-bond acceptors (Lipinski definition) is 6. The quantitative estimate of drug-likeness (QED) is 0.699. The van der Waals surface area contributed by atoms with E-state index in [9.17, 15) is 22.8 Å². The molecule has 158 valence electrons. The van der Waals surface area contributed by atoms with Crippen LogP contribution in [0.1, 0.15) is 29.6 Å². The highest BCUT2D eigenvalue weighted by Crippen LogP contribution is 2.26. The number of hydrogen-bond donors (Lipinski definition) is 1. The maximum atomic E-state index is 12.9. The third-order valence-corrected chi connectivity index (χ3v) is 6.63. The van der Waals surface area contributed by atoms with Gasteiger partial charge in [0.15, 0.2) is 6.61 Å². The number of nitrogens with one attached hydrogen (secondary N) is 1. The number of imide groups is 1. The van der Waals surface area contributed by atoms with Crippen LogP contribution in [0, 0.1) is 0 Å². The van der Waals surface area contributed by atoms with E-state index in [2.05, 4.69) is 5.32 Å². The summed E-state index contributed by atoms with van der Waals surface area (Å²) < 4.78 is 32.0. The first-order valence-electron chi connectivity index (χ1n) is 9.52. The van der Waals surface area contributed by atoms with Crippen molar-refractivity contribution in [3.05, 3.63) is 66.2 Å². The molecule has 9 heteroatoms. The standard InChI is InChI=1S/C21H22N2O6S/c24-19(22-20(25)16-9-3-1-4-10-16)15-29-21(26)18-13-7-8-14-23(18)30(27,28)17-11-5-2-6-12-17/h1-6,9-12,18H,7-8,13-15H2,(H,22,24,25). The van der Waals surface area contributed by atoms with Gasteiger partial charge in [-0.05, 0) is 43.5 Å². The zero-order valence-electron chi connectivity index (χ0n) is 16.2. The van der Waals surface area contributed by atoms with E-state index in [4.69, 9.17) is 4.74 Å². The Kier molecular flexibility index (Phi) is 6.96. The first kappa shape index (κ1) is 21.7. The molecule has 0 aliphatic carbocycles. The number of carbonyl (C=O) groups is 3. The summed E-state index contributed by atoms with van der Waals surface area (Å²) in [5.74, 6) is -2.20. The Hall–Kier alpha value is -3.04. The fourth-order valence-corrected chi connectivity index (χ4v) is 4.88. The Morgan fingerprint density at radius 1 is 0.967 bits per heavy atom. The Morgan fingerprint density at radius 3 is 2.27 bits per heavy atom. The molecule has 2 amide bonds. The molecule has 0 bridgehead atoms. The summed E-state index contributed by atoms with van der Waals surface area (Å²) in [6.07, 6.45) is 1.59. The van der Waals surface area contributed by atoms with Crippen LogP contribution in [-0.2, 0) is 24.3 Å². The van der Waals surface area contributed by atoms with Gasteiger partial charge in [0, 0.05) is 12.1 Å². The van der Waals surface area contributed by atoms with Crippen molar-refractivity contribution in [2.24, 2.45) is 0 Å². The topological polar surface area (TPSA) is 110 Å². The number of ether oxygens (including phenoxy) is 1. The van der Waals surface area contributed by atoms with Crippen LogP contribution in [0.3, 0.4) is 0 Å². The van der Waals surface area contributed by atoms with Crippen molar-refractivity contribution in [3.8, 4) is 0 Å². The van der Waals surface area contributed by atoms with Crippen molar-refractivity contribution in [2.45, 2.75) is 30.2 Å². The van der Waals surface area contributed by atoms with Gasteiger partial charge in [0.25, 0.3) is 11.8 Å². The second-order valence-electron chi connectivity index (χ2n) is 6.79. The fraction of sp³-hybridized carbons (Fsp3) is 0.286. The predicted octanol–water partition coefficient (Wildman–Crippen LogP) is 1.73. The Bertz CT molecular complexity index is 1010. The highest BCUT2D eigenvalue weighted by atomic mass is 32.2. The van der Waals surface area contributed by atoms with Gasteiger partial charge in [-0.25, -0.2) is 8.42 Å². The molecule has 1 fully saturated rings. The van der Waals surface area contributed by atoms with Crippen molar-refractivity contribution in [3.63, 3.8) is 0 Å². The second kappa shape index (κ2) is 9.64. The van der Waals surface area contributed by atoms with E-state index in [0.717, 1.165) is 4.31 Å². The van der Waals surface area contributed by atoms with Gasteiger partial charge in [0.2, 0.25) is 10.0 Å². The third kappa shape index (κ3) is 5.11. The van der Waals surface area contributed by atoms with Crippen molar-refractivity contribution in [2.75, 3.05) is 13.2 Å². The molecule has 1 saturated heterocycles. The van der Waals surface area contributed by atoms with E-state index in [1.165, 1.54) is 12.1 Å². The van der Waals surface area contributed by atoms with Gasteiger partial charge in [-0.2, -0.15) is 4.31 Å². The molecule has 1 aliphatic heterocycles. The normalized spacial score (nSPS) is 17.1. The molecule has 8 nitrogen and oxygen atoms in total.